The maximum absolute atomic E-state index is 12.4. The summed E-state index contributed by atoms with van der Waals surface area (Å²) in [6.45, 7) is 2.16. The van der Waals surface area contributed by atoms with E-state index in [1.165, 1.54) is 0 Å². The third kappa shape index (κ3) is 4.28. The Morgan fingerprint density at radius 2 is 1.73 bits per heavy atom. The predicted molar refractivity (Wildman–Crippen MR) is 104 cm³/mol. The number of aryl methyl sites for hydroxylation is 1. The van der Waals surface area contributed by atoms with Crippen LogP contribution in [-0.4, -0.2) is 16.8 Å². The number of hydrogen-bond acceptors (Lipinski definition) is 4. The summed E-state index contributed by atoms with van der Waals surface area (Å²) in [7, 11) is 0. The van der Waals surface area contributed by atoms with Crippen LogP contribution in [-0.2, 0) is 6.54 Å². The molecule has 2 N–H and O–H groups in total. The van der Waals surface area contributed by atoms with E-state index in [2.05, 4.69) is 15.6 Å². The molecular weight excluding hydrogens is 370 g/mol. The van der Waals surface area contributed by atoms with Crippen molar-refractivity contribution in [1.29, 1.82) is 0 Å². The van der Waals surface area contributed by atoms with Crippen LogP contribution < -0.4 is 10.6 Å². The Hall–Kier alpha value is -2.70. The number of benzene rings is 2. The van der Waals surface area contributed by atoms with Crippen LogP contribution in [0.25, 0.3) is 0 Å². The van der Waals surface area contributed by atoms with Crippen LogP contribution in [0, 0.1) is 6.92 Å². The lowest BCUT2D eigenvalue weighted by atomic mass is 10.2. The van der Waals surface area contributed by atoms with Gasteiger partial charge in [0.1, 0.15) is 4.88 Å². The van der Waals surface area contributed by atoms with E-state index in [1.54, 1.807) is 31.2 Å². The van der Waals surface area contributed by atoms with E-state index in [9.17, 15) is 9.59 Å². The number of aromatic nitrogens is 1. The molecule has 0 radical (unpaired) electrons. The van der Waals surface area contributed by atoms with E-state index in [0.717, 1.165) is 16.9 Å². The van der Waals surface area contributed by atoms with E-state index < -0.39 is 0 Å². The first-order chi connectivity index (χ1) is 12.5. The highest BCUT2D eigenvalue weighted by Crippen LogP contribution is 2.24. The molecule has 0 fully saturated rings. The summed E-state index contributed by atoms with van der Waals surface area (Å²) in [5, 5.41) is 6.27. The lowest BCUT2D eigenvalue weighted by Gasteiger charge is -2.04. The molecule has 1 heterocycles. The molecule has 0 aliphatic carbocycles. The number of anilines is 1. The molecule has 1 aromatic heterocycles. The summed E-state index contributed by atoms with van der Waals surface area (Å²) in [6, 6.07) is 16.4. The van der Waals surface area contributed by atoms with Gasteiger partial charge in [0.05, 0.1) is 16.3 Å². The quantitative estimate of drug-likeness (QED) is 0.688. The Labute approximate surface area is 160 Å². The third-order valence-electron chi connectivity index (χ3n) is 3.64. The fraction of sp³-hybridized carbons (Fsp3) is 0.105. The number of carbonyl (C=O) groups excluding carboxylic acids is 2. The Morgan fingerprint density at radius 3 is 2.46 bits per heavy atom. The van der Waals surface area contributed by atoms with Crippen LogP contribution in [0.3, 0.4) is 0 Å². The van der Waals surface area contributed by atoms with Crippen molar-refractivity contribution < 1.29 is 9.59 Å². The molecule has 26 heavy (non-hydrogen) atoms. The van der Waals surface area contributed by atoms with Gasteiger partial charge in [-0.05, 0) is 24.6 Å². The molecule has 0 spiro atoms. The fourth-order valence-electron chi connectivity index (χ4n) is 2.33. The number of amides is 2. The van der Waals surface area contributed by atoms with Crippen LogP contribution in [0.4, 0.5) is 5.13 Å². The lowest BCUT2D eigenvalue weighted by Crippen LogP contribution is -2.22. The zero-order valence-corrected chi connectivity index (χ0v) is 15.5. The fourth-order valence-corrected chi connectivity index (χ4v) is 3.43. The molecule has 5 nitrogen and oxygen atoms in total. The van der Waals surface area contributed by atoms with Crippen molar-refractivity contribution in [3.63, 3.8) is 0 Å². The van der Waals surface area contributed by atoms with E-state index in [0.29, 0.717) is 32.8 Å². The maximum Gasteiger partial charge on any atom is 0.263 e. The van der Waals surface area contributed by atoms with Crippen molar-refractivity contribution in [2.24, 2.45) is 0 Å². The minimum Gasteiger partial charge on any atom is -0.347 e. The highest BCUT2D eigenvalue weighted by atomic mass is 35.5. The Balaban J connectivity index is 1.67. The normalized spacial score (nSPS) is 10.4. The second-order valence-corrected chi connectivity index (χ2v) is 6.94. The van der Waals surface area contributed by atoms with Crippen LogP contribution in [0.5, 0.6) is 0 Å². The molecule has 132 valence electrons. The standard InChI is InChI=1S/C19H16ClN3O2S/c1-12-16(18(25)21-11-13-7-3-2-4-8-13)26-19(22-12)23-17(24)14-9-5-6-10-15(14)20/h2-10H,11H2,1H3,(H,21,25)(H,22,23,24). The van der Waals surface area contributed by atoms with Crippen molar-refractivity contribution in [3.8, 4) is 0 Å². The van der Waals surface area contributed by atoms with Gasteiger partial charge in [-0.1, -0.05) is 65.4 Å². The first-order valence-electron chi connectivity index (χ1n) is 7.90. The number of nitrogens with one attached hydrogen (secondary N) is 2. The first-order valence-corrected chi connectivity index (χ1v) is 9.09. The highest BCUT2D eigenvalue weighted by molar-refractivity contribution is 7.17. The smallest absolute Gasteiger partial charge is 0.263 e. The largest absolute Gasteiger partial charge is 0.347 e. The Bertz CT molecular complexity index is 941. The van der Waals surface area contributed by atoms with Crippen molar-refractivity contribution in [2.75, 3.05) is 5.32 Å². The van der Waals surface area contributed by atoms with Gasteiger partial charge in [-0.3, -0.25) is 14.9 Å². The van der Waals surface area contributed by atoms with Gasteiger partial charge in [0, 0.05) is 6.54 Å². The molecule has 0 atom stereocenters. The number of halogens is 1. The number of carbonyl (C=O) groups is 2. The van der Waals surface area contributed by atoms with Crippen LogP contribution in [0.2, 0.25) is 5.02 Å². The molecule has 3 rings (SSSR count). The minimum atomic E-state index is -0.361. The average molecular weight is 386 g/mol. The number of rotatable bonds is 5. The van der Waals surface area contributed by atoms with Crippen molar-refractivity contribution in [3.05, 3.63) is 81.3 Å². The second kappa shape index (κ2) is 8.12. The number of nitrogens with zero attached hydrogens (tertiary/aromatic N) is 1. The minimum absolute atomic E-state index is 0.220. The molecule has 0 aliphatic heterocycles. The molecular formula is C19H16ClN3O2S. The van der Waals surface area contributed by atoms with Gasteiger partial charge in [-0.2, -0.15) is 0 Å². The van der Waals surface area contributed by atoms with Crippen molar-refractivity contribution in [2.45, 2.75) is 13.5 Å². The number of hydrogen-bond donors (Lipinski definition) is 2. The summed E-state index contributed by atoms with van der Waals surface area (Å²) in [4.78, 5) is 29.4. The summed E-state index contributed by atoms with van der Waals surface area (Å²) in [5.74, 6) is -0.581. The number of thiazole rings is 1. The zero-order chi connectivity index (χ0) is 18.5. The summed E-state index contributed by atoms with van der Waals surface area (Å²) in [6.07, 6.45) is 0. The predicted octanol–water partition coefficient (Wildman–Crippen LogP) is 4.29. The second-order valence-electron chi connectivity index (χ2n) is 5.54. The molecule has 0 aliphatic rings. The SMILES string of the molecule is Cc1nc(NC(=O)c2ccccc2Cl)sc1C(=O)NCc1ccccc1. The molecule has 7 heteroatoms. The maximum atomic E-state index is 12.4. The topological polar surface area (TPSA) is 71.1 Å². The molecule has 3 aromatic rings. The van der Waals surface area contributed by atoms with Crippen molar-refractivity contribution in [1.82, 2.24) is 10.3 Å². The Morgan fingerprint density at radius 1 is 1.04 bits per heavy atom. The summed E-state index contributed by atoms with van der Waals surface area (Å²) in [5.41, 5.74) is 1.93. The molecule has 0 bridgehead atoms. The third-order valence-corrected chi connectivity index (χ3v) is 5.04. The highest BCUT2D eigenvalue weighted by Gasteiger charge is 2.17. The van der Waals surface area contributed by atoms with Crippen molar-refractivity contribution >= 4 is 39.9 Å². The van der Waals surface area contributed by atoms with Gasteiger partial charge >= 0.3 is 0 Å². The summed E-state index contributed by atoms with van der Waals surface area (Å²) >= 11 is 7.16. The van der Waals surface area contributed by atoms with Crippen LogP contribution in [0.1, 0.15) is 31.3 Å². The molecule has 0 saturated heterocycles. The van der Waals surface area contributed by atoms with Gasteiger partial charge in [-0.15, -0.1) is 0 Å². The van der Waals surface area contributed by atoms with Gasteiger partial charge in [0.25, 0.3) is 11.8 Å². The van der Waals surface area contributed by atoms with Crippen LogP contribution in [0.15, 0.2) is 54.6 Å². The molecule has 0 saturated carbocycles. The zero-order valence-electron chi connectivity index (χ0n) is 14.0. The van der Waals surface area contributed by atoms with Gasteiger partial charge in [0.15, 0.2) is 5.13 Å². The monoisotopic (exact) mass is 385 g/mol. The van der Waals surface area contributed by atoms with E-state index in [4.69, 9.17) is 11.6 Å². The first kappa shape index (κ1) is 18.1. The molecule has 2 aromatic carbocycles. The van der Waals surface area contributed by atoms with Crippen LogP contribution >= 0.6 is 22.9 Å². The van der Waals surface area contributed by atoms with Gasteiger partial charge < -0.3 is 5.32 Å². The summed E-state index contributed by atoms with van der Waals surface area (Å²) < 4.78 is 0. The van der Waals surface area contributed by atoms with E-state index in [-0.39, 0.29) is 11.8 Å². The average Bonchev–Trinajstić information content (AvgIpc) is 3.01. The molecule has 2 amide bonds. The lowest BCUT2D eigenvalue weighted by molar-refractivity contribution is 0.0953. The van der Waals surface area contributed by atoms with Gasteiger partial charge in [0.2, 0.25) is 0 Å². The van der Waals surface area contributed by atoms with E-state index >= 15 is 0 Å². The molecule has 0 unspecified atom stereocenters. The van der Waals surface area contributed by atoms with E-state index in [1.807, 2.05) is 30.3 Å². The van der Waals surface area contributed by atoms with Gasteiger partial charge in [-0.25, -0.2) is 4.98 Å². The Kier molecular flexibility index (Phi) is 5.65.